The van der Waals surface area contributed by atoms with Gasteiger partial charge in [0.1, 0.15) is 11.6 Å². The molecule has 8 heteroatoms. The van der Waals surface area contributed by atoms with Crippen LogP contribution in [0, 0.1) is 18.3 Å². The van der Waals surface area contributed by atoms with Crippen molar-refractivity contribution in [3.63, 3.8) is 0 Å². The van der Waals surface area contributed by atoms with E-state index in [1.807, 2.05) is 6.07 Å². The van der Waals surface area contributed by atoms with Crippen molar-refractivity contribution in [2.24, 2.45) is 5.14 Å². The first kappa shape index (κ1) is 13.7. The van der Waals surface area contributed by atoms with Gasteiger partial charge in [-0.15, -0.1) is 0 Å². The Balaban J connectivity index is 2.88. The summed E-state index contributed by atoms with van der Waals surface area (Å²) < 4.78 is 25.2. The second-order valence-electron chi connectivity index (χ2n) is 3.79. The zero-order valence-electron chi connectivity index (χ0n) is 9.83. The van der Waals surface area contributed by atoms with Crippen LogP contribution in [0.15, 0.2) is 33.8 Å². The van der Waals surface area contributed by atoms with Crippen molar-refractivity contribution in [3.8, 4) is 11.8 Å². The molecule has 0 amide bonds. The first-order chi connectivity index (χ1) is 8.86. The molecule has 0 spiro atoms. The fourth-order valence-electron chi connectivity index (χ4n) is 1.68. The third-order valence-electron chi connectivity index (χ3n) is 2.48. The highest BCUT2D eigenvalue weighted by molar-refractivity contribution is 9.10. The fourth-order valence-corrected chi connectivity index (χ4v) is 3.00. The zero-order chi connectivity index (χ0) is 14.2. The van der Waals surface area contributed by atoms with E-state index >= 15 is 0 Å². The van der Waals surface area contributed by atoms with Crippen molar-refractivity contribution in [1.82, 2.24) is 9.78 Å². The summed E-state index contributed by atoms with van der Waals surface area (Å²) in [6, 6.07) is 8.75. The van der Waals surface area contributed by atoms with Gasteiger partial charge in [-0.3, -0.25) is 0 Å². The van der Waals surface area contributed by atoms with Crippen LogP contribution in [0.3, 0.4) is 0 Å². The van der Waals surface area contributed by atoms with Gasteiger partial charge < -0.3 is 0 Å². The summed E-state index contributed by atoms with van der Waals surface area (Å²) in [7, 11) is -4.06. The molecule has 0 aliphatic carbocycles. The Labute approximate surface area is 118 Å². The van der Waals surface area contributed by atoms with Gasteiger partial charge in [-0.05, 0) is 35.0 Å². The number of sulfonamides is 1. The highest BCUT2D eigenvalue weighted by Crippen LogP contribution is 2.26. The molecule has 1 aromatic heterocycles. The second kappa shape index (κ2) is 4.77. The summed E-state index contributed by atoms with van der Waals surface area (Å²) in [6.07, 6.45) is 0. The van der Waals surface area contributed by atoms with E-state index in [-0.39, 0.29) is 10.6 Å². The highest BCUT2D eigenvalue weighted by Gasteiger charge is 2.25. The summed E-state index contributed by atoms with van der Waals surface area (Å²) in [5.41, 5.74) is 0.761. The molecule has 0 saturated carbocycles. The number of aryl methyl sites for hydroxylation is 1. The first-order valence-electron chi connectivity index (χ1n) is 5.13. The van der Waals surface area contributed by atoms with Gasteiger partial charge in [-0.25, -0.2) is 18.2 Å². The van der Waals surface area contributed by atoms with Gasteiger partial charge in [0.2, 0.25) is 0 Å². The maximum absolute atomic E-state index is 11.7. The number of aromatic nitrogens is 2. The van der Waals surface area contributed by atoms with Crippen molar-refractivity contribution in [2.75, 3.05) is 0 Å². The number of para-hydroxylation sites is 1. The van der Waals surface area contributed by atoms with E-state index < -0.39 is 10.0 Å². The standard InChI is InChI=1S/C11H9BrN4O2S/c1-7-8(6-13)11(19(14,17)18)16(15-7)10-5-3-2-4-9(10)12/h2-5H,1H3,(H2,14,17,18). The monoisotopic (exact) mass is 340 g/mol. The molecule has 0 aliphatic heterocycles. The van der Waals surface area contributed by atoms with E-state index in [0.29, 0.717) is 15.9 Å². The van der Waals surface area contributed by atoms with Gasteiger partial charge >= 0.3 is 0 Å². The number of nitriles is 1. The third kappa shape index (κ3) is 2.40. The van der Waals surface area contributed by atoms with Gasteiger partial charge in [-0.2, -0.15) is 10.4 Å². The molecule has 1 heterocycles. The molecule has 2 aromatic rings. The lowest BCUT2D eigenvalue weighted by molar-refractivity contribution is 0.587. The number of hydrogen-bond donors (Lipinski definition) is 1. The number of nitrogens with zero attached hydrogens (tertiary/aromatic N) is 3. The molecule has 6 nitrogen and oxygen atoms in total. The van der Waals surface area contributed by atoms with Crippen molar-refractivity contribution >= 4 is 26.0 Å². The largest absolute Gasteiger partial charge is 0.257 e. The predicted molar refractivity (Wildman–Crippen MR) is 72.1 cm³/mol. The van der Waals surface area contributed by atoms with Crippen LogP contribution < -0.4 is 5.14 Å². The smallest absolute Gasteiger partial charge is 0.223 e. The molecule has 0 atom stereocenters. The van der Waals surface area contributed by atoms with E-state index in [2.05, 4.69) is 21.0 Å². The normalized spacial score (nSPS) is 11.3. The molecule has 0 bridgehead atoms. The quantitative estimate of drug-likeness (QED) is 0.893. The Morgan fingerprint density at radius 1 is 1.42 bits per heavy atom. The molecular weight excluding hydrogens is 332 g/mol. The average molecular weight is 341 g/mol. The van der Waals surface area contributed by atoms with Crippen LogP contribution in [-0.2, 0) is 10.0 Å². The van der Waals surface area contributed by atoms with E-state index in [4.69, 9.17) is 10.4 Å². The molecular formula is C11H9BrN4O2S. The van der Waals surface area contributed by atoms with Crippen molar-refractivity contribution in [2.45, 2.75) is 11.9 Å². The van der Waals surface area contributed by atoms with Crippen LogP contribution >= 0.6 is 15.9 Å². The molecule has 2 rings (SSSR count). The van der Waals surface area contributed by atoms with Gasteiger partial charge in [0.05, 0.1) is 11.4 Å². The Hall–Kier alpha value is -1.69. The number of primary sulfonamides is 1. The SMILES string of the molecule is Cc1nn(-c2ccccc2Br)c(S(N)(=O)=O)c1C#N. The van der Waals surface area contributed by atoms with E-state index in [1.165, 1.54) is 0 Å². The summed E-state index contributed by atoms with van der Waals surface area (Å²) in [5, 5.41) is 18.0. The van der Waals surface area contributed by atoms with Crippen LogP contribution in [0.5, 0.6) is 0 Å². The lowest BCUT2D eigenvalue weighted by Gasteiger charge is -2.07. The van der Waals surface area contributed by atoms with Gasteiger partial charge in [0, 0.05) is 4.47 Å². The van der Waals surface area contributed by atoms with Crippen LogP contribution in [0.1, 0.15) is 11.3 Å². The predicted octanol–water partition coefficient (Wildman–Crippen LogP) is 1.46. The lowest BCUT2D eigenvalue weighted by Crippen LogP contribution is -2.18. The van der Waals surface area contributed by atoms with Crippen LogP contribution in [0.2, 0.25) is 0 Å². The van der Waals surface area contributed by atoms with Crippen molar-refractivity contribution < 1.29 is 8.42 Å². The van der Waals surface area contributed by atoms with Gasteiger partial charge in [0.15, 0.2) is 5.03 Å². The molecule has 98 valence electrons. The Morgan fingerprint density at radius 2 is 2.05 bits per heavy atom. The van der Waals surface area contributed by atoms with Gasteiger partial charge in [0.25, 0.3) is 10.0 Å². The summed E-state index contributed by atoms with van der Waals surface area (Å²) in [6.45, 7) is 1.56. The van der Waals surface area contributed by atoms with Crippen molar-refractivity contribution in [1.29, 1.82) is 5.26 Å². The molecule has 0 aliphatic rings. The Kier molecular flexibility index (Phi) is 3.45. The fraction of sp³-hybridized carbons (Fsp3) is 0.0909. The summed E-state index contributed by atoms with van der Waals surface area (Å²) in [5.74, 6) is 0. The topological polar surface area (TPSA) is 102 Å². The van der Waals surface area contributed by atoms with Gasteiger partial charge in [-0.1, -0.05) is 12.1 Å². The number of rotatable bonds is 2. The minimum atomic E-state index is -4.06. The van der Waals surface area contributed by atoms with Crippen LogP contribution in [0.25, 0.3) is 5.69 Å². The molecule has 0 saturated heterocycles. The summed E-state index contributed by atoms with van der Waals surface area (Å²) >= 11 is 3.31. The minimum absolute atomic E-state index is 0.0433. The van der Waals surface area contributed by atoms with E-state index in [0.717, 1.165) is 4.68 Å². The minimum Gasteiger partial charge on any atom is -0.223 e. The molecule has 0 fully saturated rings. The number of hydrogen-bond acceptors (Lipinski definition) is 4. The molecule has 19 heavy (non-hydrogen) atoms. The summed E-state index contributed by atoms with van der Waals surface area (Å²) in [4.78, 5) is 0. The highest BCUT2D eigenvalue weighted by atomic mass is 79.9. The number of benzene rings is 1. The molecule has 0 radical (unpaired) electrons. The maximum atomic E-state index is 11.7. The van der Waals surface area contributed by atoms with E-state index in [9.17, 15) is 8.42 Å². The first-order valence-corrected chi connectivity index (χ1v) is 7.47. The van der Waals surface area contributed by atoms with Crippen LogP contribution in [0.4, 0.5) is 0 Å². The Morgan fingerprint density at radius 3 is 2.58 bits per heavy atom. The molecule has 0 unspecified atom stereocenters. The van der Waals surface area contributed by atoms with Crippen LogP contribution in [-0.4, -0.2) is 18.2 Å². The number of halogens is 1. The molecule has 1 aromatic carbocycles. The second-order valence-corrected chi connectivity index (χ2v) is 6.12. The van der Waals surface area contributed by atoms with Crippen molar-refractivity contribution in [3.05, 3.63) is 40.0 Å². The maximum Gasteiger partial charge on any atom is 0.257 e. The lowest BCUT2D eigenvalue weighted by atomic mass is 10.3. The third-order valence-corrected chi connectivity index (χ3v) is 4.07. The Bertz CT molecular complexity index is 790. The zero-order valence-corrected chi connectivity index (χ0v) is 12.2. The van der Waals surface area contributed by atoms with E-state index in [1.54, 1.807) is 31.2 Å². The molecule has 2 N–H and O–H groups in total. The number of nitrogens with two attached hydrogens (primary N) is 1. The average Bonchev–Trinajstić information content (AvgIpc) is 2.66.